The van der Waals surface area contributed by atoms with Crippen LogP contribution in [0.5, 0.6) is 0 Å². The molecule has 2 aromatic rings. The third kappa shape index (κ3) is 2.65. The summed E-state index contributed by atoms with van der Waals surface area (Å²) in [5.74, 6) is 0.736. The molecule has 0 fully saturated rings. The monoisotopic (exact) mass is 340 g/mol. The molecule has 0 saturated carbocycles. The van der Waals surface area contributed by atoms with E-state index in [1.54, 1.807) is 6.07 Å². The average Bonchev–Trinajstić information content (AvgIpc) is 2.81. The molecule has 0 saturated heterocycles. The normalized spacial score (nSPS) is 11.7. The molecule has 20 heavy (non-hydrogen) atoms. The lowest BCUT2D eigenvalue weighted by Crippen LogP contribution is -2.41. The summed E-state index contributed by atoms with van der Waals surface area (Å²) in [6, 6.07) is 1.76. The lowest BCUT2D eigenvalue weighted by atomic mass is 9.92. The second-order valence-corrected chi connectivity index (χ2v) is 6.12. The SMILES string of the molecule is Cc1cc(Br)oc1C(=O)NC(C)(C)c1c(C)noc1C. The first kappa shape index (κ1) is 14.8. The molecule has 108 valence electrons. The number of rotatable bonds is 3. The van der Waals surface area contributed by atoms with E-state index in [-0.39, 0.29) is 5.91 Å². The lowest BCUT2D eigenvalue weighted by Gasteiger charge is -2.26. The minimum Gasteiger partial charge on any atom is -0.444 e. The van der Waals surface area contributed by atoms with Gasteiger partial charge < -0.3 is 14.3 Å². The van der Waals surface area contributed by atoms with Crippen molar-refractivity contribution in [2.75, 3.05) is 0 Å². The molecule has 0 aromatic carbocycles. The van der Waals surface area contributed by atoms with Crippen molar-refractivity contribution in [3.63, 3.8) is 0 Å². The number of hydrogen-bond acceptors (Lipinski definition) is 4. The molecule has 0 aliphatic heterocycles. The standard InChI is InChI=1S/C14H17BrN2O3/c1-7-6-10(15)19-12(7)13(18)16-14(4,5)11-8(2)17-20-9(11)3/h6H,1-5H3,(H,16,18). The Balaban J connectivity index is 2.29. The van der Waals surface area contributed by atoms with Gasteiger partial charge in [0.1, 0.15) is 5.76 Å². The zero-order chi connectivity index (χ0) is 15.1. The van der Waals surface area contributed by atoms with E-state index in [9.17, 15) is 4.79 Å². The molecule has 5 nitrogen and oxygen atoms in total. The van der Waals surface area contributed by atoms with Gasteiger partial charge in [0.2, 0.25) is 0 Å². The van der Waals surface area contributed by atoms with E-state index in [1.165, 1.54) is 0 Å². The van der Waals surface area contributed by atoms with Gasteiger partial charge in [-0.15, -0.1) is 0 Å². The van der Waals surface area contributed by atoms with Crippen molar-refractivity contribution in [3.05, 3.63) is 39.1 Å². The molecule has 1 N–H and O–H groups in total. The fourth-order valence-corrected chi connectivity index (χ4v) is 2.95. The Kier molecular flexibility index (Phi) is 3.77. The third-order valence-electron chi connectivity index (χ3n) is 3.18. The second kappa shape index (κ2) is 5.09. The van der Waals surface area contributed by atoms with Crippen LogP contribution in [0.4, 0.5) is 0 Å². The Hall–Kier alpha value is -1.56. The minimum atomic E-state index is -0.600. The van der Waals surface area contributed by atoms with Crippen LogP contribution in [-0.2, 0) is 5.54 Å². The highest BCUT2D eigenvalue weighted by Crippen LogP contribution is 2.28. The maximum Gasteiger partial charge on any atom is 0.288 e. The first-order valence-electron chi connectivity index (χ1n) is 6.24. The van der Waals surface area contributed by atoms with Gasteiger partial charge in [-0.05, 0) is 56.6 Å². The van der Waals surface area contributed by atoms with Gasteiger partial charge in [-0.3, -0.25) is 4.79 Å². The maximum atomic E-state index is 12.3. The average molecular weight is 341 g/mol. The molecule has 0 bridgehead atoms. The first-order chi connectivity index (χ1) is 9.22. The number of hydrogen-bond donors (Lipinski definition) is 1. The fourth-order valence-electron chi connectivity index (χ4n) is 2.45. The third-order valence-corrected chi connectivity index (χ3v) is 3.57. The van der Waals surface area contributed by atoms with Crippen LogP contribution in [0.1, 0.15) is 47.0 Å². The van der Waals surface area contributed by atoms with Gasteiger partial charge in [0, 0.05) is 11.1 Å². The molecule has 2 heterocycles. The Morgan fingerprint density at radius 2 is 2.00 bits per heavy atom. The largest absolute Gasteiger partial charge is 0.444 e. The number of nitrogens with zero attached hydrogens (tertiary/aromatic N) is 1. The van der Waals surface area contributed by atoms with Crippen LogP contribution in [0.15, 0.2) is 19.7 Å². The highest BCUT2D eigenvalue weighted by Gasteiger charge is 2.31. The van der Waals surface area contributed by atoms with Gasteiger partial charge in [-0.25, -0.2) is 0 Å². The summed E-state index contributed by atoms with van der Waals surface area (Å²) >= 11 is 3.22. The van der Waals surface area contributed by atoms with Crippen LogP contribution in [0.2, 0.25) is 0 Å². The van der Waals surface area contributed by atoms with Crippen molar-refractivity contribution >= 4 is 21.8 Å². The van der Waals surface area contributed by atoms with E-state index < -0.39 is 5.54 Å². The van der Waals surface area contributed by atoms with Crippen molar-refractivity contribution in [1.29, 1.82) is 0 Å². The fraction of sp³-hybridized carbons (Fsp3) is 0.429. The predicted octanol–water partition coefficient (Wildman–Crippen LogP) is 3.62. The predicted molar refractivity (Wildman–Crippen MR) is 77.6 cm³/mol. The number of furan rings is 1. The number of carbonyl (C=O) groups excluding carboxylic acids is 1. The van der Waals surface area contributed by atoms with Crippen molar-refractivity contribution in [2.45, 2.75) is 40.2 Å². The minimum absolute atomic E-state index is 0.266. The van der Waals surface area contributed by atoms with E-state index in [0.29, 0.717) is 16.2 Å². The van der Waals surface area contributed by atoms with Crippen LogP contribution in [0.3, 0.4) is 0 Å². The highest BCUT2D eigenvalue weighted by atomic mass is 79.9. The van der Waals surface area contributed by atoms with Crippen LogP contribution in [-0.4, -0.2) is 11.1 Å². The number of amides is 1. The molecule has 0 atom stereocenters. The first-order valence-corrected chi connectivity index (χ1v) is 7.03. The summed E-state index contributed by atoms with van der Waals surface area (Å²) in [5.41, 5.74) is 1.83. The van der Waals surface area contributed by atoms with E-state index >= 15 is 0 Å². The Morgan fingerprint density at radius 1 is 1.35 bits per heavy atom. The molecule has 0 aliphatic carbocycles. The Labute approximate surface area is 125 Å². The molecule has 0 aliphatic rings. The number of carbonyl (C=O) groups is 1. The lowest BCUT2D eigenvalue weighted by molar-refractivity contribution is 0.0880. The molecular weight excluding hydrogens is 324 g/mol. The zero-order valence-electron chi connectivity index (χ0n) is 12.1. The summed E-state index contributed by atoms with van der Waals surface area (Å²) < 4.78 is 11.1. The van der Waals surface area contributed by atoms with Crippen molar-refractivity contribution in [1.82, 2.24) is 10.5 Å². The van der Waals surface area contributed by atoms with Gasteiger partial charge in [-0.2, -0.15) is 0 Å². The topological polar surface area (TPSA) is 68.3 Å². The molecule has 0 radical (unpaired) electrons. The van der Waals surface area contributed by atoms with E-state index in [4.69, 9.17) is 8.94 Å². The van der Waals surface area contributed by atoms with Crippen molar-refractivity contribution in [2.24, 2.45) is 0 Å². The van der Waals surface area contributed by atoms with E-state index in [1.807, 2.05) is 34.6 Å². The summed E-state index contributed by atoms with van der Waals surface area (Å²) in [4.78, 5) is 12.3. The van der Waals surface area contributed by atoms with Gasteiger partial charge in [0.25, 0.3) is 5.91 Å². The van der Waals surface area contributed by atoms with Crippen molar-refractivity contribution < 1.29 is 13.7 Å². The zero-order valence-corrected chi connectivity index (χ0v) is 13.7. The second-order valence-electron chi connectivity index (χ2n) is 5.34. The number of halogens is 1. The molecule has 6 heteroatoms. The highest BCUT2D eigenvalue weighted by molar-refractivity contribution is 9.10. The van der Waals surface area contributed by atoms with Crippen LogP contribution < -0.4 is 5.32 Å². The number of nitrogens with one attached hydrogen (secondary N) is 1. The van der Waals surface area contributed by atoms with Crippen LogP contribution in [0, 0.1) is 20.8 Å². The van der Waals surface area contributed by atoms with Gasteiger partial charge in [0.05, 0.1) is 11.2 Å². The summed E-state index contributed by atoms with van der Waals surface area (Å²) in [6.07, 6.45) is 0. The molecule has 0 spiro atoms. The summed E-state index contributed by atoms with van der Waals surface area (Å²) in [5, 5.41) is 6.88. The molecule has 2 aromatic heterocycles. The Bertz CT molecular complexity index is 636. The number of aromatic nitrogens is 1. The van der Waals surface area contributed by atoms with Gasteiger partial charge in [-0.1, -0.05) is 5.16 Å². The van der Waals surface area contributed by atoms with Crippen molar-refractivity contribution in [3.8, 4) is 0 Å². The Morgan fingerprint density at radius 3 is 2.45 bits per heavy atom. The molecule has 1 amide bonds. The quantitative estimate of drug-likeness (QED) is 0.926. The van der Waals surface area contributed by atoms with Gasteiger partial charge in [0.15, 0.2) is 10.4 Å². The summed E-state index contributed by atoms with van der Waals surface area (Å²) in [7, 11) is 0. The van der Waals surface area contributed by atoms with E-state index in [0.717, 1.165) is 16.8 Å². The van der Waals surface area contributed by atoms with Crippen LogP contribution in [0.25, 0.3) is 0 Å². The molecule has 0 unspecified atom stereocenters. The smallest absolute Gasteiger partial charge is 0.288 e. The van der Waals surface area contributed by atoms with Crippen LogP contribution >= 0.6 is 15.9 Å². The number of aryl methyl sites for hydroxylation is 3. The maximum absolute atomic E-state index is 12.3. The summed E-state index contributed by atoms with van der Waals surface area (Å²) in [6.45, 7) is 9.33. The molecular formula is C14H17BrN2O3. The van der Waals surface area contributed by atoms with E-state index in [2.05, 4.69) is 26.4 Å². The molecule has 2 rings (SSSR count). The van der Waals surface area contributed by atoms with Gasteiger partial charge >= 0.3 is 0 Å².